The summed E-state index contributed by atoms with van der Waals surface area (Å²) >= 11 is 0. The third-order valence-electron chi connectivity index (χ3n) is 6.62. The first-order chi connectivity index (χ1) is 19.9. The van der Waals surface area contributed by atoms with Crippen molar-refractivity contribution < 1.29 is 14.3 Å². The number of nitrogens with one attached hydrogen (secondary N) is 2. The second-order valence-electron chi connectivity index (χ2n) is 9.61. The number of rotatable bonds is 12. The van der Waals surface area contributed by atoms with Crippen LogP contribution in [0.1, 0.15) is 30.5 Å². The van der Waals surface area contributed by atoms with Crippen molar-refractivity contribution in [3.63, 3.8) is 0 Å². The number of aryl methyl sites for hydroxylation is 1. The first-order valence-corrected chi connectivity index (χ1v) is 13.8. The Bertz CT molecular complexity index is 1230. The van der Waals surface area contributed by atoms with Gasteiger partial charge in [0.15, 0.2) is 0 Å². The van der Waals surface area contributed by atoms with E-state index >= 15 is 0 Å². The van der Waals surface area contributed by atoms with Gasteiger partial charge in [-0.05, 0) is 44.4 Å². The minimum Gasteiger partial charge on any atom is -0.382 e. The molecule has 0 radical (unpaired) electrons. The number of aromatic nitrogens is 3. The van der Waals surface area contributed by atoms with Gasteiger partial charge in [-0.15, -0.1) is 0 Å². The maximum atomic E-state index is 11.9. The van der Waals surface area contributed by atoms with E-state index in [9.17, 15) is 9.59 Å². The summed E-state index contributed by atoms with van der Waals surface area (Å²) in [6, 6.07) is 9.48. The number of hydrogen-bond acceptors (Lipinski definition) is 10. The first kappa shape index (κ1) is 31.4. The summed E-state index contributed by atoms with van der Waals surface area (Å²) in [5.41, 5.74) is 22.4. The van der Waals surface area contributed by atoms with Crippen molar-refractivity contribution in [3.8, 4) is 11.3 Å². The van der Waals surface area contributed by atoms with Gasteiger partial charge in [-0.2, -0.15) is 0 Å². The van der Waals surface area contributed by atoms with Gasteiger partial charge >= 0.3 is 0 Å². The number of amides is 2. The summed E-state index contributed by atoms with van der Waals surface area (Å²) in [7, 11) is 0. The number of benzene rings is 1. The zero-order valence-corrected chi connectivity index (χ0v) is 23.6. The van der Waals surface area contributed by atoms with E-state index < -0.39 is 6.04 Å². The zero-order chi connectivity index (χ0) is 29.5. The maximum absolute atomic E-state index is 11.9. The van der Waals surface area contributed by atoms with E-state index in [-0.39, 0.29) is 5.91 Å². The molecule has 1 unspecified atom stereocenters. The molecule has 4 rings (SSSR count). The Labute approximate surface area is 241 Å². The van der Waals surface area contributed by atoms with E-state index in [1.54, 1.807) is 18.6 Å². The number of hydrogen-bond donors (Lipinski definition) is 5. The topological polar surface area (TPSA) is 187 Å². The van der Waals surface area contributed by atoms with Gasteiger partial charge in [0, 0.05) is 31.4 Å². The third kappa shape index (κ3) is 10.1. The van der Waals surface area contributed by atoms with Gasteiger partial charge in [-0.25, -0.2) is 9.97 Å². The lowest BCUT2D eigenvalue weighted by molar-refractivity contribution is -0.122. The van der Waals surface area contributed by atoms with Crippen LogP contribution >= 0.6 is 0 Å². The predicted molar refractivity (Wildman–Crippen MR) is 161 cm³/mol. The van der Waals surface area contributed by atoms with Crippen LogP contribution in [0.5, 0.6) is 0 Å². The van der Waals surface area contributed by atoms with Gasteiger partial charge in [0.05, 0.1) is 54.4 Å². The molecule has 12 nitrogen and oxygen atoms in total. The van der Waals surface area contributed by atoms with Crippen LogP contribution in [0.25, 0.3) is 11.3 Å². The molecule has 41 heavy (non-hydrogen) atoms. The third-order valence-corrected chi connectivity index (χ3v) is 6.62. The Morgan fingerprint density at radius 1 is 1.15 bits per heavy atom. The highest BCUT2D eigenvalue weighted by atomic mass is 16.5. The Morgan fingerprint density at radius 3 is 2.59 bits per heavy atom. The SMILES string of the molecule is Cc1nc(-c2ccc(CCNC(=O)C(N)CCCCN)cc2)cnc1N.O=CNc1cnccc1N1CCOCC1. The highest BCUT2D eigenvalue weighted by Gasteiger charge is 2.14. The minimum atomic E-state index is -0.462. The summed E-state index contributed by atoms with van der Waals surface area (Å²) in [6.45, 7) is 6.17. The van der Waals surface area contributed by atoms with Gasteiger partial charge in [0.25, 0.3) is 0 Å². The smallest absolute Gasteiger partial charge is 0.236 e. The second-order valence-corrected chi connectivity index (χ2v) is 9.61. The van der Waals surface area contributed by atoms with Gasteiger partial charge < -0.3 is 37.5 Å². The number of carbonyl (C=O) groups excluding carboxylic acids is 2. The molecule has 1 saturated heterocycles. The number of morpholine rings is 1. The lowest BCUT2D eigenvalue weighted by atomic mass is 10.1. The van der Waals surface area contributed by atoms with Crippen molar-refractivity contribution in [2.24, 2.45) is 11.5 Å². The van der Waals surface area contributed by atoms with Crippen LogP contribution in [-0.2, 0) is 20.7 Å². The highest BCUT2D eigenvalue weighted by molar-refractivity contribution is 5.81. The molecule has 3 heterocycles. The zero-order valence-electron chi connectivity index (χ0n) is 23.6. The first-order valence-electron chi connectivity index (χ1n) is 13.8. The molecular formula is C29H41N9O3. The molecule has 1 aliphatic rings. The van der Waals surface area contributed by atoms with Gasteiger partial charge in [0.2, 0.25) is 12.3 Å². The minimum absolute atomic E-state index is 0.105. The van der Waals surface area contributed by atoms with E-state index in [4.69, 9.17) is 21.9 Å². The standard InChI is InChI=1S/C19H28N6O.C10H13N3O2/c1-13-18(22)24-12-17(25-13)15-7-5-14(6-8-15)9-11-23-19(26)16(21)4-2-3-10-20;14-8-12-9-7-11-2-1-10(9)13-3-5-15-6-4-13/h5-8,12,16H,2-4,9-11,20-21H2,1H3,(H2,22,24)(H,23,26);1-2,7-8H,3-6H2,(H,12,14). The van der Waals surface area contributed by atoms with E-state index in [2.05, 4.69) is 30.5 Å². The summed E-state index contributed by atoms with van der Waals surface area (Å²) in [5.74, 6) is 0.341. The lowest BCUT2D eigenvalue weighted by Crippen LogP contribution is -2.41. The van der Waals surface area contributed by atoms with E-state index in [1.807, 2.05) is 37.3 Å². The summed E-state index contributed by atoms with van der Waals surface area (Å²) in [5, 5.41) is 5.53. The fourth-order valence-electron chi connectivity index (χ4n) is 4.21. The van der Waals surface area contributed by atoms with Gasteiger partial charge in [0.1, 0.15) is 5.82 Å². The molecule has 2 amide bonds. The molecular weight excluding hydrogens is 522 g/mol. The molecule has 12 heteroatoms. The van der Waals surface area contributed by atoms with Crippen molar-refractivity contribution in [2.45, 2.75) is 38.6 Å². The van der Waals surface area contributed by atoms with Crippen LogP contribution < -0.4 is 32.7 Å². The van der Waals surface area contributed by atoms with E-state index in [0.717, 1.165) is 79.5 Å². The molecule has 8 N–H and O–H groups in total. The Balaban J connectivity index is 0.000000260. The number of nitrogens with zero attached hydrogens (tertiary/aromatic N) is 4. The van der Waals surface area contributed by atoms with Gasteiger partial charge in [-0.1, -0.05) is 30.7 Å². The number of carbonyl (C=O) groups is 2. The average Bonchev–Trinajstić information content (AvgIpc) is 3.00. The Hall–Kier alpha value is -4.13. The normalized spacial score (nSPS) is 13.5. The molecule has 1 aliphatic heterocycles. The van der Waals surface area contributed by atoms with Crippen molar-refractivity contribution >= 4 is 29.5 Å². The Kier molecular flexibility index (Phi) is 12.9. The molecule has 220 valence electrons. The van der Waals surface area contributed by atoms with Crippen LogP contribution in [0.3, 0.4) is 0 Å². The van der Waals surface area contributed by atoms with Crippen LogP contribution in [0, 0.1) is 6.92 Å². The summed E-state index contributed by atoms with van der Waals surface area (Å²) < 4.78 is 5.27. The Morgan fingerprint density at radius 2 is 1.90 bits per heavy atom. The molecule has 0 bridgehead atoms. The fourth-order valence-corrected chi connectivity index (χ4v) is 4.21. The van der Waals surface area contributed by atoms with Crippen LogP contribution in [0.2, 0.25) is 0 Å². The van der Waals surface area contributed by atoms with Crippen molar-refractivity contribution in [2.75, 3.05) is 55.3 Å². The quantitative estimate of drug-likeness (QED) is 0.160. The number of nitrogen functional groups attached to an aromatic ring is 1. The molecule has 0 saturated carbocycles. The number of nitrogens with two attached hydrogens (primary N) is 3. The highest BCUT2D eigenvalue weighted by Crippen LogP contribution is 2.24. The second kappa shape index (κ2) is 16.9. The molecule has 1 fully saturated rings. The van der Waals surface area contributed by atoms with Crippen LogP contribution in [-0.4, -0.2) is 72.7 Å². The van der Waals surface area contributed by atoms with Crippen molar-refractivity contribution in [3.05, 3.63) is 60.2 Å². The summed E-state index contributed by atoms with van der Waals surface area (Å²) in [6.07, 6.45) is 8.89. The molecule has 0 spiro atoms. The van der Waals surface area contributed by atoms with E-state index in [0.29, 0.717) is 31.7 Å². The monoisotopic (exact) mass is 563 g/mol. The lowest BCUT2D eigenvalue weighted by Gasteiger charge is -2.29. The number of ether oxygens (including phenoxy) is 1. The van der Waals surface area contributed by atoms with Crippen LogP contribution in [0.4, 0.5) is 17.2 Å². The van der Waals surface area contributed by atoms with Crippen LogP contribution in [0.15, 0.2) is 48.9 Å². The fraction of sp³-hybridized carbons (Fsp3) is 0.414. The number of unbranched alkanes of at least 4 members (excludes halogenated alkanes) is 1. The predicted octanol–water partition coefficient (Wildman–Crippen LogP) is 1.64. The largest absolute Gasteiger partial charge is 0.382 e. The molecule has 3 aromatic rings. The van der Waals surface area contributed by atoms with Crippen molar-refractivity contribution in [1.82, 2.24) is 20.3 Å². The van der Waals surface area contributed by atoms with Gasteiger partial charge in [-0.3, -0.25) is 14.6 Å². The molecule has 2 aromatic heterocycles. The van der Waals surface area contributed by atoms with Crippen molar-refractivity contribution in [1.29, 1.82) is 0 Å². The molecule has 0 aliphatic carbocycles. The number of pyridine rings is 1. The number of anilines is 3. The molecule has 1 atom stereocenters. The maximum Gasteiger partial charge on any atom is 0.236 e. The average molecular weight is 564 g/mol. The summed E-state index contributed by atoms with van der Waals surface area (Å²) in [4.78, 5) is 37.1. The molecule has 1 aromatic carbocycles. The van der Waals surface area contributed by atoms with E-state index in [1.165, 1.54) is 0 Å².